The van der Waals surface area contributed by atoms with E-state index >= 15 is 0 Å². The summed E-state index contributed by atoms with van der Waals surface area (Å²) in [5, 5.41) is 3.09. The molecule has 0 aliphatic rings. The van der Waals surface area contributed by atoms with Gasteiger partial charge in [-0.25, -0.2) is 4.98 Å². The van der Waals surface area contributed by atoms with E-state index in [4.69, 9.17) is 0 Å². The molecule has 0 aromatic carbocycles. The number of thiazole rings is 1. The quantitative estimate of drug-likeness (QED) is 0.613. The highest BCUT2D eigenvalue weighted by Crippen LogP contribution is 2.10. The second kappa shape index (κ2) is 2.78. The summed E-state index contributed by atoms with van der Waals surface area (Å²) in [5.41, 5.74) is 1.16. The molecule has 2 heteroatoms. The minimum Gasteiger partial charge on any atom is -0.242 e. The van der Waals surface area contributed by atoms with Crippen molar-refractivity contribution in [2.75, 3.05) is 0 Å². The van der Waals surface area contributed by atoms with Gasteiger partial charge in [0.1, 0.15) is 5.01 Å². The van der Waals surface area contributed by atoms with E-state index in [0.29, 0.717) is 0 Å². The summed E-state index contributed by atoms with van der Waals surface area (Å²) in [6, 6.07) is 0. The minimum atomic E-state index is 1.02. The minimum absolute atomic E-state index is 1.02. The third-order valence-corrected chi connectivity index (χ3v) is 2.00. The molecule has 1 aromatic heterocycles. The largest absolute Gasteiger partial charge is 0.242 e. The Labute approximate surface area is 59.1 Å². The van der Waals surface area contributed by atoms with Crippen molar-refractivity contribution in [1.29, 1.82) is 0 Å². The topological polar surface area (TPSA) is 12.9 Å². The molecular formula is C7H9NS. The second-order valence-electron chi connectivity index (χ2n) is 1.73. The van der Waals surface area contributed by atoms with Gasteiger partial charge in [0.25, 0.3) is 0 Å². The summed E-state index contributed by atoms with van der Waals surface area (Å²) in [6.07, 6.45) is 2.80. The van der Waals surface area contributed by atoms with Gasteiger partial charge in [-0.1, -0.05) is 13.5 Å². The fraction of sp³-hybridized carbons (Fsp3) is 0.286. The van der Waals surface area contributed by atoms with Gasteiger partial charge in [-0.3, -0.25) is 0 Å². The van der Waals surface area contributed by atoms with E-state index in [1.807, 2.05) is 0 Å². The Balaban J connectivity index is 2.86. The van der Waals surface area contributed by atoms with E-state index in [1.165, 1.54) is 0 Å². The molecule has 0 spiro atoms. The predicted molar refractivity (Wildman–Crippen MR) is 41.6 cm³/mol. The lowest BCUT2D eigenvalue weighted by Crippen LogP contribution is -1.76. The van der Waals surface area contributed by atoms with E-state index < -0.39 is 0 Å². The molecule has 1 heterocycles. The first-order chi connectivity index (χ1) is 4.36. The van der Waals surface area contributed by atoms with Crippen molar-refractivity contribution in [2.24, 2.45) is 0 Å². The Kier molecular flexibility index (Phi) is 2.01. The van der Waals surface area contributed by atoms with Crippen LogP contribution in [-0.4, -0.2) is 4.98 Å². The van der Waals surface area contributed by atoms with Crippen LogP contribution in [0.2, 0.25) is 0 Å². The predicted octanol–water partition coefficient (Wildman–Crippen LogP) is 2.35. The molecule has 1 aromatic rings. The summed E-state index contributed by atoms with van der Waals surface area (Å²) >= 11 is 1.64. The molecule has 0 saturated heterocycles. The SMILES string of the molecule is C=Cc1nc(CC)cs1. The average molecular weight is 139 g/mol. The van der Waals surface area contributed by atoms with E-state index in [2.05, 4.69) is 23.9 Å². The number of rotatable bonds is 2. The summed E-state index contributed by atoms with van der Waals surface area (Å²) < 4.78 is 0. The van der Waals surface area contributed by atoms with E-state index in [0.717, 1.165) is 17.1 Å². The zero-order valence-corrected chi connectivity index (χ0v) is 6.24. The van der Waals surface area contributed by atoms with Crippen molar-refractivity contribution in [1.82, 2.24) is 4.98 Å². The Morgan fingerprint density at radius 1 is 1.89 bits per heavy atom. The lowest BCUT2D eigenvalue weighted by atomic mass is 10.4. The molecule has 48 valence electrons. The van der Waals surface area contributed by atoms with Gasteiger partial charge in [0.05, 0.1) is 5.69 Å². The highest BCUT2D eigenvalue weighted by atomic mass is 32.1. The fourth-order valence-electron chi connectivity index (χ4n) is 0.579. The van der Waals surface area contributed by atoms with E-state index in [9.17, 15) is 0 Å². The molecule has 0 amide bonds. The van der Waals surface area contributed by atoms with Crippen LogP contribution in [0.1, 0.15) is 17.6 Å². The molecular weight excluding hydrogens is 130 g/mol. The zero-order chi connectivity index (χ0) is 6.69. The Morgan fingerprint density at radius 3 is 3.00 bits per heavy atom. The van der Waals surface area contributed by atoms with Gasteiger partial charge >= 0.3 is 0 Å². The summed E-state index contributed by atoms with van der Waals surface area (Å²) in [6.45, 7) is 5.73. The average Bonchev–Trinajstić information content (AvgIpc) is 2.34. The van der Waals surface area contributed by atoms with Gasteiger partial charge < -0.3 is 0 Å². The molecule has 0 radical (unpaired) electrons. The lowest BCUT2D eigenvalue weighted by molar-refractivity contribution is 1.06. The number of nitrogens with zero attached hydrogens (tertiary/aromatic N) is 1. The smallest absolute Gasteiger partial charge is 0.115 e. The standard InChI is InChI=1S/C7H9NS/c1-3-6-5-9-7(4-2)8-6/h4-5H,2-3H2,1H3. The summed E-state index contributed by atoms with van der Waals surface area (Å²) in [7, 11) is 0. The van der Waals surface area contributed by atoms with Crippen molar-refractivity contribution in [3.8, 4) is 0 Å². The van der Waals surface area contributed by atoms with E-state index in [1.54, 1.807) is 17.4 Å². The molecule has 0 atom stereocenters. The van der Waals surface area contributed by atoms with Gasteiger partial charge in [-0.2, -0.15) is 0 Å². The first kappa shape index (κ1) is 6.49. The van der Waals surface area contributed by atoms with Crippen LogP contribution in [0.3, 0.4) is 0 Å². The van der Waals surface area contributed by atoms with Crippen LogP contribution < -0.4 is 0 Å². The highest BCUT2D eigenvalue weighted by molar-refractivity contribution is 7.10. The first-order valence-electron chi connectivity index (χ1n) is 2.93. The Hall–Kier alpha value is -0.630. The summed E-state index contributed by atoms with van der Waals surface area (Å²) in [5.74, 6) is 0. The lowest BCUT2D eigenvalue weighted by Gasteiger charge is -1.80. The van der Waals surface area contributed by atoms with Crippen molar-refractivity contribution >= 4 is 17.4 Å². The molecule has 9 heavy (non-hydrogen) atoms. The van der Waals surface area contributed by atoms with Gasteiger partial charge in [-0.05, 0) is 12.5 Å². The van der Waals surface area contributed by atoms with Crippen LogP contribution in [0.25, 0.3) is 6.08 Å². The van der Waals surface area contributed by atoms with Gasteiger partial charge in [0.15, 0.2) is 0 Å². The third kappa shape index (κ3) is 1.39. The van der Waals surface area contributed by atoms with E-state index in [-0.39, 0.29) is 0 Å². The first-order valence-corrected chi connectivity index (χ1v) is 3.81. The molecule has 1 nitrogen and oxygen atoms in total. The number of hydrogen-bond donors (Lipinski definition) is 0. The maximum Gasteiger partial charge on any atom is 0.115 e. The van der Waals surface area contributed by atoms with Crippen LogP contribution in [0, 0.1) is 0 Å². The zero-order valence-electron chi connectivity index (χ0n) is 5.42. The molecule has 0 aliphatic heterocycles. The van der Waals surface area contributed by atoms with Crippen molar-refractivity contribution in [2.45, 2.75) is 13.3 Å². The second-order valence-corrected chi connectivity index (χ2v) is 2.62. The molecule has 0 saturated carbocycles. The molecule has 0 unspecified atom stereocenters. The maximum atomic E-state index is 4.25. The molecule has 1 rings (SSSR count). The van der Waals surface area contributed by atoms with Crippen molar-refractivity contribution < 1.29 is 0 Å². The molecule has 0 aliphatic carbocycles. The fourth-order valence-corrected chi connectivity index (χ4v) is 1.32. The monoisotopic (exact) mass is 139 g/mol. The van der Waals surface area contributed by atoms with Crippen LogP contribution in [0.15, 0.2) is 12.0 Å². The Bertz CT molecular complexity index is 202. The van der Waals surface area contributed by atoms with Gasteiger partial charge in [0.2, 0.25) is 0 Å². The maximum absolute atomic E-state index is 4.25. The number of aryl methyl sites for hydroxylation is 1. The van der Waals surface area contributed by atoms with Crippen LogP contribution >= 0.6 is 11.3 Å². The summed E-state index contributed by atoms with van der Waals surface area (Å²) in [4.78, 5) is 4.25. The van der Waals surface area contributed by atoms with Gasteiger partial charge in [0, 0.05) is 5.38 Å². The number of hydrogen-bond acceptors (Lipinski definition) is 2. The van der Waals surface area contributed by atoms with Crippen LogP contribution in [-0.2, 0) is 6.42 Å². The van der Waals surface area contributed by atoms with Crippen LogP contribution in [0.4, 0.5) is 0 Å². The molecule has 0 fully saturated rings. The van der Waals surface area contributed by atoms with Crippen molar-refractivity contribution in [3.63, 3.8) is 0 Å². The Morgan fingerprint density at radius 2 is 2.67 bits per heavy atom. The van der Waals surface area contributed by atoms with Gasteiger partial charge in [-0.15, -0.1) is 11.3 Å². The van der Waals surface area contributed by atoms with Crippen LogP contribution in [0.5, 0.6) is 0 Å². The normalized spacial score (nSPS) is 9.44. The third-order valence-electron chi connectivity index (χ3n) is 1.11. The number of aromatic nitrogens is 1. The molecule has 0 N–H and O–H groups in total. The highest BCUT2D eigenvalue weighted by Gasteiger charge is 1.93. The van der Waals surface area contributed by atoms with Crippen molar-refractivity contribution in [3.05, 3.63) is 22.7 Å². The molecule has 0 bridgehead atoms.